The molecule has 2 aliphatic rings. The molecule has 1 saturated heterocycles. The smallest absolute Gasteiger partial charge is 0.407 e. The lowest BCUT2D eigenvalue weighted by atomic mass is 9.89. The van der Waals surface area contributed by atoms with Gasteiger partial charge in [0, 0.05) is 12.1 Å². The normalized spacial score (nSPS) is 22.0. The lowest BCUT2D eigenvalue weighted by Gasteiger charge is -2.53. The standard InChI is InChI=1S/C30H33N3O7S/c1-5-20-22(26(35)36)33-24(34)21(31)25(33)41-30(20,16-17-32-28(38)40-29(2,3)4)27(37)39-23(18-12-8-6-9-13-18)19-14-10-7-11-15-19/h5-15,21,23,25H,1,16-17,31H2,2-4H3,(H,32,38)(H,35,36)/t21?,25-,30?/m0/s1. The zero-order valence-electron chi connectivity index (χ0n) is 23.0. The summed E-state index contributed by atoms with van der Waals surface area (Å²) in [5.41, 5.74) is 6.34. The number of β-lactam (4-membered cyclic amide) rings is 1. The molecule has 3 atom stereocenters. The third-order valence-electron chi connectivity index (χ3n) is 6.65. The van der Waals surface area contributed by atoms with Crippen LogP contribution in [0.2, 0.25) is 0 Å². The first kappa shape index (κ1) is 29.9. The van der Waals surface area contributed by atoms with Gasteiger partial charge in [-0.25, -0.2) is 9.59 Å². The predicted molar refractivity (Wildman–Crippen MR) is 153 cm³/mol. The average Bonchev–Trinajstić information content (AvgIpc) is 2.94. The number of nitrogens with two attached hydrogens (primary N) is 1. The number of esters is 1. The van der Waals surface area contributed by atoms with E-state index in [1.165, 1.54) is 6.08 Å². The van der Waals surface area contributed by atoms with Crippen LogP contribution in [0.5, 0.6) is 0 Å². The zero-order chi connectivity index (χ0) is 29.9. The van der Waals surface area contributed by atoms with Gasteiger partial charge in [0.25, 0.3) is 0 Å². The molecule has 11 heteroatoms. The number of aliphatic carboxylic acids is 1. The molecule has 0 spiro atoms. The first-order valence-electron chi connectivity index (χ1n) is 13.0. The van der Waals surface area contributed by atoms with Crippen LogP contribution in [-0.2, 0) is 23.9 Å². The van der Waals surface area contributed by atoms with E-state index in [1.54, 1.807) is 20.8 Å². The molecule has 2 amide bonds. The number of amides is 2. The number of nitrogens with one attached hydrogen (secondary N) is 1. The highest BCUT2D eigenvalue weighted by Crippen LogP contribution is 2.53. The SMILES string of the molecule is C=CC1=C(C(=O)O)N2C(=O)C(N)[C@@H]2SC1(CCNC(=O)OC(C)(C)C)C(=O)OC(c1ccccc1)c1ccccc1. The Bertz CT molecular complexity index is 1330. The van der Waals surface area contributed by atoms with E-state index in [9.17, 15) is 24.3 Å². The van der Waals surface area contributed by atoms with Gasteiger partial charge in [-0.2, -0.15) is 0 Å². The van der Waals surface area contributed by atoms with Gasteiger partial charge >= 0.3 is 18.0 Å². The second-order valence-corrected chi connectivity index (χ2v) is 12.0. The molecule has 1 fully saturated rings. The van der Waals surface area contributed by atoms with Crippen molar-refractivity contribution in [2.24, 2.45) is 5.73 Å². The number of nitrogens with zero attached hydrogens (tertiary/aromatic N) is 1. The Morgan fingerprint density at radius 3 is 2.17 bits per heavy atom. The molecule has 2 aromatic carbocycles. The lowest BCUT2D eigenvalue weighted by molar-refractivity contribution is -0.152. The second kappa shape index (κ2) is 11.8. The Balaban J connectivity index is 1.78. The fraction of sp³-hybridized carbons (Fsp3) is 0.333. The van der Waals surface area contributed by atoms with E-state index < -0.39 is 51.8 Å². The number of benzene rings is 2. The van der Waals surface area contributed by atoms with Crippen molar-refractivity contribution in [3.05, 3.63) is 95.7 Å². The number of carboxylic acids is 1. The summed E-state index contributed by atoms with van der Waals surface area (Å²) in [6.07, 6.45) is -0.364. The van der Waals surface area contributed by atoms with Gasteiger partial charge in [-0.05, 0) is 38.3 Å². The molecule has 0 bridgehead atoms. The molecule has 2 unspecified atom stereocenters. The van der Waals surface area contributed by atoms with Crippen LogP contribution in [0.25, 0.3) is 0 Å². The maximum absolute atomic E-state index is 14.4. The zero-order valence-corrected chi connectivity index (χ0v) is 23.9. The van der Waals surface area contributed by atoms with Crippen LogP contribution in [0, 0.1) is 0 Å². The summed E-state index contributed by atoms with van der Waals surface area (Å²) in [4.78, 5) is 53.0. The third kappa shape index (κ3) is 6.01. The van der Waals surface area contributed by atoms with Crippen molar-refractivity contribution in [2.45, 2.75) is 55.1 Å². The number of rotatable bonds is 9. The molecule has 10 nitrogen and oxygen atoms in total. The Kier molecular flexibility index (Phi) is 8.60. The maximum atomic E-state index is 14.4. The molecule has 4 N–H and O–H groups in total. The van der Waals surface area contributed by atoms with Crippen molar-refractivity contribution < 1.29 is 33.8 Å². The molecule has 0 radical (unpaired) electrons. The largest absolute Gasteiger partial charge is 0.477 e. The van der Waals surface area contributed by atoms with Crippen molar-refractivity contribution >= 4 is 35.7 Å². The molecular weight excluding hydrogens is 546 g/mol. The Morgan fingerprint density at radius 1 is 1.12 bits per heavy atom. The number of allylic oxidation sites excluding steroid dienone is 1. The minimum atomic E-state index is -1.67. The summed E-state index contributed by atoms with van der Waals surface area (Å²) in [6, 6.07) is 17.3. The van der Waals surface area contributed by atoms with Crippen molar-refractivity contribution in [1.82, 2.24) is 10.2 Å². The van der Waals surface area contributed by atoms with Crippen LogP contribution < -0.4 is 11.1 Å². The van der Waals surface area contributed by atoms with Gasteiger partial charge in [-0.1, -0.05) is 73.3 Å². The van der Waals surface area contributed by atoms with Gasteiger partial charge in [-0.3, -0.25) is 14.5 Å². The molecule has 2 aromatic rings. The van der Waals surface area contributed by atoms with Gasteiger partial charge in [-0.15, -0.1) is 11.8 Å². The first-order valence-corrected chi connectivity index (χ1v) is 13.9. The number of hydrogen-bond acceptors (Lipinski definition) is 8. The van der Waals surface area contributed by atoms with Crippen molar-refractivity contribution in [3.63, 3.8) is 0 Å². The van der Waals surface area contributed by atoms with E-state index in [0.717, 1.165) is 16.7 Å². The quantitative estimate of drug-likeness (QED) is 0.298. The Morgan fingerprint density at radius 2 is 1.68 bits per heavy atom. The van der Waals surface area contributed by atoms with Gasteiger partial charge in [0.15, 0.2) is 6.10 Å². The second-order valence-electron chi connectivity index (χ2n) is 10.6. The average molecular weight is 580 g/mol. The van der Waals surface area contributed by atoms with E-state index >= 15 is 0 Å². The third-order valence-corrected chi connectivity index (χ3v) is 8.39. The Hall–Kier alpha value is -4.09. The highest BCUT2D eigenvalue weighted by molar-refractivity contribution is 8.02. The monoisotopic (exact) mass is 579 g/mol. The Labute approximate surface area is 242 Å². The van der Waals surface area contributed by atoms with E-state index in [0.29, 0.717) is 11.1 Å². The topological polar surface area (TPSA) is 148 Å². The van der Waals surface area contributed by atoms with Crippen LogP contribution in [0.15, 0.2) is 84.6 Å². The molecular formula is C30H33N3O7S. The highest BCUT2D eigenvalue weighted by atomic mass is 32.2. The summed E-state index contributed by atoms with van der Waals surface area (Å²) >= 11 is 1.02. The molecule has 0 saturated carbocycles. The van der Waals surface area contributed by atoms with Crippen molar-refractivity contribution in [1.29, 1.82) is 0 Å². The highest BCUT2D eigenvalue weighted by Gasteiger charge is 2.61. The molecule has 216 valence electrons. The minimum Gasteiger partial charge on any atom is -0.477 e. The number of carbonyl (C=O) groups is 4. The lowest BCUT2D eigenvalue weighted by Crippen LogP contribution is -2.71. The summed E-state index contributed by atoms with van der Waals surface area (Å²) in [6.45, 7) is 8.87. The number of ether oxygens (including phenoxy) is 2. The van der Waals surface area contributed by atoms with E-state index in [-0.39, 0.29) is 24.2 Å². The van der Waals surface area contributed by atoms with Gasteiger partial charge in [0.1, 0.15) is 27.5 Å². The summed E-state index contributed by atoms with van der Waals surface area (Å²) in [5, 5.41) is 12.0. The fourth-order valence-corrected chi connectivity index (χ4v) is 6.48. The van der Waals surface area contributed by atoms with Crippen LogP contribution >= 0.6 is 11.8 Å². The van der Waals surface area contributed by atoms with Gasteiger partial charge < -0.3 is 25.6 Å². The number of carboxylic acid groups (broad SMARTS) is 1. The van der Waals surface area contributed by atoms with E-state index in [1.807, 2.05) is 60.7 Å². The minimum absolute atomic E-state index is 0.0117. The number of thioether (sulfide) groups is 1. The van der Waals surface area contributed by atoms with Gasteiger partial charge in [0.05, 0.1) is 0 Å². The number of alkyl carbamates (subject to hydrolysis) is 1. The summed E-state index contributed by atoms with van der Waals surface area (Å²) < 4.78 is 9.86. The van der Waals surface area contributed by atoms with Crippen molar-refractivity contribution in [3.8, 4) is 0 Å². The molecule has 4 rings (SSSR count). The van der Waals surface area contributed by atoms with Crippen LogP contribution in [0.4, 0.5) is 4.79 Å². The molecule has 41 heavy (non-hydrogen) atoms. The van der Waals surface area contributed by atoms with Crippen molar-refractivity contribution in [2.75, 3.05) is 6.54 Å². The molecule has 2 heterocycles. The van der Waals surface area contributed by atoms with E-state index in [4.69, 9.17) is 15.2 Å². The maximum Gasteiger partial charge on any atom is 0.407 e. The number of carbonyl (C=O) groups excluding carboxylic acids is 3. The fourth-order valence-electron chi connectivity index (χ4n) is 4.82. The summed E-state index contributed by atoms with van der Waals surface area (Å²) in [7, 11) is 0. The van der Waals surface area contributed by atoms with Gasteiger partial charge in [0.2, 0.25) is 5.91 Å². The first-order chi connectivity index (χ1) is 19.4. The summed E-state index contributed by atoms with van der Waals surface area (Å²) in [5.74, 6) is -2.74. The predicted octanol–water partition coefficient (Wildman–Crippen LogP) is 3.74. The van der Waals surface area contributed by atoms with E-state index in [2.05, 4.69) is 11.9 Å². The molecule has 0 aliphatic carbocycles. The number of fused-ring (bicyclic) bond motifs is 1. The molecule has 0 aromatic heterocycles. The van der Waals surface area contributed by atoms with Crippen LogP contribution in [0.3, 0.4) is 0 Å². The molecule has 2 aliphatic heterocycles. The van der Waals surface area contributed by atoms with Crippen LogP contribution in [0.1, 0.15) is 44.4 Å². The van der Waals surface area contributed by atoms with Crippen LogP contribution in [-0.4, -0.2) is 62.3 Å². The number of hydrogen-bond donors (Lipinski definition) is 3.